The molecule has 6 atom stereocenters. The second-order valence-electron chi connectivity index (χ2n) is 10.3. The smallest absolute Gasteiger partial charge is 0.459 e. The lowest BCUT2D eigenvalue weighted by molar-refractivity contribution is -0.149. The summed E-state index contributed by atoms with van der Waals surface area (Å²) < 4.78 is 51.3. The van der Waals surface area contributed by atoms with Gasteiger partial charge in [0.2, 0.25) is 5.91 Å². The highest BCUT2D eigenvalue weighted by atomic mass is 35.5. The number of aliphatic hydroxyl groups is 1. The molecular weight excluding hydrogens is 570 g/mol. The molecule has 1 aliphatic carbocycles. The Morgan fingerprint density at radius 2 is 2.05 bits per heavy atom. The molecule has 1 unspecified atom stereocenters. The van der Waals surface area contributed by atoms with Gasteiger partial charge in [0.05, 0.1) is 19.1 Å². The van der Waals surface area contributed by atoms with Crippen LogP contribution in [0.15, 0.2) is 36.5 Å². The third-order valence-electron chi connectivity index (χ3n) is 6.79. The van der Waals surface area contributed by atoms with Crippen LogP contribution in [0.2, 0.25) is 0 Å². The number of hydrogen-bond donors (Lipinski definition) is 2. The summed E-state index contributed by atoms with van der Waals surface area (Å²) in [6.07, 6.45) is -0.991. The number of rotatable bonds is 11. The summed E-state index contributed by atoms with van der Waals surface area (Å²) in [7, 11) is -4.37. The summed E-state index contributed by atoms with van der Waals surface area (Å²) >= 11 is 5.95. The number of allylic oxidation sites excluding steroid dienone is 1. The molecule has 14 heteroatoms. The Labute approximate surface area is 236 Å². The van der Waals surface area contributed by atoms with Crippen LogP contribution in [0, 0.1) is 0 Å². The Kier molecular flexibility index (Phi) is 9.38. The van der Waals surface area contributed by atoms with Gasteiger partial charge in [-0.3, -0.25) is 23.8 Å². The molecule has 1 saturated heterocycles. The normalized spacial score (nSPS) is 29.3. The molecular formula is C26H33ClFN2O9P. The Balaban J connectivity index is 1.51. The van der Waals surface area contributed by atoms with Crippen LogP contribution in [0.5, 0.6) is 5.75 Å². The molecule has 0 aromatic heterocycles. The van der Waals surface area contributed by atoms with Crippen molar-refractivity contribution in [3.05, 3.63) is 42.1 Å². The van der Waals surface area contributed by atoms with Crippen molar-refractivity contribution in [3.63, 3.8) is 0 Å². The summed E-state index contributed by atoms with van der Waals surface area (Å²) in [4.78, 5) is 37.0. The predicted molar refractivity (Wildman–Crippen MR) is 141 cm³/mol. The van der Waals surface area contributed by atoms with E-state index in [9.17, 15) is 24.1 Å². The SMILES string of the molecule is CC(C)OC(=O)[C@H](C)NP(=O)(OC[C@H]1O[C@@H](N2C=CC(=O)CC2=O)[C@@](F)(Cl)[C@@H]1O)Oc1cccc(C2CCC2)c1. The van der Waals surface area contributed by atoms with Crippen molar-refractivity contribution in [1.82, 2.24) is 9.99 Å². The molecule has 2 fully saturated rings. The number of halogens is 2. The van der Waals surface area contributed by atoms with Gasteiger partial charge in [0.15, 0.2) is 12.0 Å². The van der Waals surface area contributed by atoms with E-state index in [1.807, 2.05) is 6.07 Å². The van der Waals surface area contributed by atoms with Crippen molar-refractivity contribution >= 4 is 37.0 Å². The highest BCUT2D eigenvalue weighted by Gasteiger charge is 2.60. The van der Waals surface area contributed by atoms with E-state index in [-0.39, 0.29) is 5.75 Å². The summed E-state index contributed by atoms with van der Waals surface area (Å²) in [6.45, 7) is 4.03. The maximum absolute atomic E-state index is 15.4. The molecule has 40 heavy (non-hydrogen) atoms. The Morgan fingerprint density at radius 1 is 1.32 bits per heavy atom. The van der Waals surface area contributed by atoms with Crippen molar-refractivity contribution in [2.45, 2.75) is 88.1 Å². The van der Waals surface area contributed by atoms with Crippen LogP contribution in [-0.4, -0.2) is 70.0 Å². The van der Waals surface area contributed by atoms with Gasteiger partial charge in [0.25, 0.3) is 5.13 Å². The lowest BCUT2D eigenvalue weighted by Crippen LogP contribution is -2.50. The molecule has 1 aromatic carbocycles. The maximum atomic E-state index is 15.4. The largest absolute Gasteiger partial charge is 0.462 e. The molecule has 1 aromatic rings. The first-order chi connectivity index (χ1) is 18.8. The van der Waals surface area contributed by atoms with E-state index in [0.29, 0.717) is 5.92 Å². The van der Waals surface area contributed by atoms with Crippen LogP contribution in [0.25, 0.3) is 0 Å². The molecule has 1 saturated carbocycles. The monoisotopic (exact) mass is 602 g/mol. The van der Waals surface area contributed by atoms with E-state index < -0.39 is 74.1 Å². The van der Waals surface area contributed by atoms with Crippen LogP contribution < -0.4 is 9.61 Å². The van der Waals surface area contributed by atoms with E-state index in [4.69, 9.17) is 30.1 Å². The summed E-state index contributed by atoms with van der Waals surface area (Å²) in [5.41, 5.74) is 1.00. The molecule has 0 bridgehead atoms. The molecule has 2 N–H and O–H groups in total. The van der Waals surface area contributed by atoms with Crippen molar-refractivity contribution in [1.29, 1.82) is 0 Å². The lowest BCUT2D eigenvalue weighted by atomic mass is 9.80. The number of benzene rings is 1. The molecule has 2 aliphatic heterocycles. The molecule has 11 nitrogen and oxygen atoms in total. The first kappa shape index (κ1) is 30.6. The fourth-order valence-corrected chi connectivity index (χ4v) is 6.24. The van der Waals surface area contributed by atoms with Crippen LogP contribution in [0.4, 0.5) is 4.39 Å². The first-order valence-electron chi connectivity index (χ1n) is 13.0. The van der Waals surface area contributed by atoms with Gasteiger partial charge < -0.3 is 19.1 Å². The minimum Gasteiger partial charge on any atom is -0.462 e. The van der Waals surface area contributed by atoms with Gasteiger partial charge in [-0.2, -0.15) is 5.09 Å². The van der Waals surface area contributed by atoms with Crippen LogP contribution in [-0.2, 0) is 32.9 Å². The quantitative estimate of drug-likeness (QED) is 0.167. The van der Waals surface area contributed by atoms with E-state index in [0.717, 1.165) is 42.0 Å². The molecule has 0 radical (unpaired) electrons. The number of carbonyl (C=O) groups excluding carboxylic acids is 3. The first-order valence-corrected chi connectivity index (χ1v) is 15.0. The molecule has 4 rings (SSSR count). The second kappa shape index (κ2) is 12.3. The second-order valence-corrected chi connectivity index (χ2v) is 12.6. The topological polar surface area (TPSA) is 141 Å². The molecule has 220 valence electrons. The van der Waals surface area contributed by atoms with Crippen LogP contribution in [0.1, 0.15) is 57.9 Å². The number of ether oxygens (including phenoxy) is 2. The average molecular weight is 603 g/mol. The minimum atomic E-state index is -4.37. The van der Waals surface area contributed by atoms with Gasteiger partial charge in [0.1, 0.15) is 24.0 Å². The number of ketones is 1. The zero-order valence-corrected chi connectivity index (χ0v) is 24.0. The van der Waals surface area contributed by atoms with Gasteiger partial charge in [-0.05, 0) is 63.3 Å². The van der Waals surface area contributed by atoms with E-state index in [1.165, 1.54) is 6.92 Å². The number of nitrogens with one attached hydrogen (secondary N) is 1. The molecule has 2 heterocycles. The zero-order chi connectivity index (χ0) is 29.2. The lowest BCUT2D eigenvalue weighted by Gasteiger charge is -2.31. The highest BCUT2D eigenvalue weighted by molar-refractivity contribution is 7.52. The van der Waals surface area contributed by atoms with E-state index in [2.05, 4.69) is 5.09 Å². The van der Waals surface area contributed by atoms with Gasteiger partial charge in [0, 0.05) is 6.20 Å². The van der Waals surface area contributed by atoms with E-state index in [1.54, 1.807) is 32.0 Å². The van der Waals surface area contributed by atoms with Crippen molar-refractivity contribution < 1.29 is 47.0 Å². The third-order valence-corrected chi connectivity index (χ3v) is 8.85. The maximum Gasteiger partial charge on any atom is 0.459 e. The van der Waals surface area contributed by atoms with Crippen molar-refractivity contribution in [3.8, 4) is 5.75 Å². The number of amides is 1. The standard InChI is InChI=1S/C26H33ClFN2O9P/c1-15(2)37-24(34)16(3)29-40(35,39-20-9-5-8-18(12-20)17-6-4-7-17)36-14-21-23(33)26(27,28)25(38-21)30-11-10-19(31)13-22(30)32/h5,8-12,15-17,21,23,25,33H,4,6-7,13-14H2,1-3H3,(H,29,35)/t16-,21+,23+,25+,26+,40?/m0/s1. The molecule has 3 aliphatic rings. The highest BCUT2D eigenvalue weighted by Crippen LogP contribution is 2.48. The number of esters is 1. The molecule has 1 amide bonds. The fraction of sp³-hybridized carbons (Fsp3) is 0.577. The van der Waals surface area contributed by atoms with E-state index >= 15 is 4.39 Å². The summed E-state index contributed by atoms with van der Waals surface area (Å²) in [5.74, 6) is -1.39. The van der Waals surface area contributed by atoms with Crippen LogP contribution in [0.3, 0.4) is 0 Å². The Morgan fingerprint density at radius 3 is 2.67 bits per heavy atom. The number of alkyl halides is 2. The zero-order valence-electron chi connectivity index (χ0n) is 22.3. The van der Waals surface area contributed by atoms with Crippen LogP contribution >= 0.6 is 19.3 Å². The minimum absolute atomic E-state index is 0.210. The third kappa shape index (κ3) is 6.92. The predicted octanol–water partition coefficient (Wildman–Crippen LogP) is 3.69. The molecule has 0 spiro atoms. The summed E-state index contributed by atoms with van der Waals surface area (Å²) in [6, 6.07) is 5.86. The van der Waals surface area contributed by atoms with Gasteiger partial charge in [-0.15, -0.1) is 0 Å². The number of nitrogens with zero attached hydrogens (tertiary/aromatic N) is 1. The summed E-state index contributed by atoms with van der Waals surface area (Å²) in [5, 5.41) is 10.1. The number of hydrogen-bond acceptors (Lipinski definition) is 9. The van der Waals surface area contributed by atoms with Crippen molar-refractivity contribution in [2.75, 3.05) is 6.61 Å². The fourth-order valence-electron chi connectivity index (χ4n) is 4.45. The average Bonchev–Trinajstić information content (AvgIpc) is 3.05. The Bertz CT molecular complexity index is 1210. The van der Waals surface area contributed by atoms with Gasteiger partial charge in [-0.25, -0.2) is 8.96 Å². The number of aliphatic hydroxyl groups excluding tert-OH is 1. The van der Waals surface area contributed by atoms with Gasteiger partial charge >= 0.3 is 13.7 Å². The Hall–Kier alpha value is -2.34. The van der Waals surface area contributed by atoms with Gasteiger partial charge in [-0.1, -0.05) is 30.2 Å². The van der Waals surface area contributed by atoms with Crippen molar-refractivity contribution in [2.24, 2.45) is 0 Å². The number of carbonyl (C=O) groups is 3.